The number of amides is 2. The summed E-state index contributed by atoms with van der Waals surface area (Å²) in [6.45, 7) is 2.27. The molecule has 42 heavy (non-hydrogen) atoms. The minimum Gasteiger partial charge on any atom is -0.493 e. The Kier molecular flexibility index (Phi) is 10.7. The van der Waals surface area contributed by atoms with Gasteiger partial charge in [0.2, 0.25) is 0 Å². The summed E-state index contributed by atoms with van der Waals surface area (Å²) < 4.78 is 11.6. The minimum atomic E-state index is -0.197. The van der Waals surface area contributed by atoms with Crippen LogP contribution >= 0.6 is 0 Å². The molecule has 9 nitrogen and oxygen atoms in total. The molecule has 0 saturated heterocycles. The Labute approximate surface area is 245 Å². The number of benzene rings is 4. The molecular weight excluding hydrogens is 530 g/mol. The van der Waals surface area contributed by atoms with Crippen molar-refractivity contribution in [2.45, 2.75) is 26.1 Å². The molecule has 0 heterocycles. The number of hydrogen-bond donors (Lipinski definition) is 5. The number of amidine groups is 1. The zero-order valence-corrected chi connectivity index (χ0v) is 23.3. The van der Waals surface area contributed by atoms with Gasteiger partial charge < -0.3 is 31.6 Å². The van der Waals surface area contributed by atoms with Crippen molar-refractivity contribution in [3.63, 3.8) is 0 Å². The van der Waals surface area contributed by atoms with Gasteiger partial charge in [-0.25, -0.2) is 0 Å². The van der Waals surface area contributed by atoms with Gasteiger partial charge in [0.1, 0.15) is 17.3 Å². The standard InChI is InChI=1S/C33H35N5O4/c34-20-23-2-8-27(9-3-23)32(39)37-21-24-4-14-29(15-5-24)41-18-1-19-42-30-16-6-25(7-17-30)22-38-33(40)28-12-10-26(11-13-28)31(35)36/h2-17H,1,18-22,34H2,(H3,35,36)(H,37,39)(H,38,40). The molecule has 0 aliphatic rings. The summed E-state index contributed by atoms with van der Waals surface area (Å²) in [4.78, 5) is 24.7. The van der Waals surface area contributed by atoms with Crippen molar-refractivity contribution >= 4 is 17.6 Å². The lowest BCUT2D eigenvalue weighted by atomic mass is 10.1. The molecule has 0 aromatic heterocycles. The van der Waals surface area contributed by atoms with Gasteiger partial charge in [-0.1, -0.05) is 48.5 Å². The van der Waals surface area contributed by atoms with E-state index in [0.717, 1.165) is 28.2 Å². The second-order valence-corrected chi connectivity index (χ2v) is 9.60. The molecule has 0 saturated carbocycles. The Hall–Kier alpha value is -5.15. The van der Waals surface area contributed by atoms with Crippen LogP contribution in [0, 0.1) is 5.41 Å². The molecule has 7 N–H and O–H groups in total. The SMILES string of the molecule is N=C(N)c1ccc(C(=O)NCc2ccc(OCCCOc3ccc(CNC(=O)c4ccc(CN)cc4)cc3)cc2)cc1. The van der Waals surface area contributed by atoms with Crippen LogP contribution < -0.4 is 31.6 Å². The van der Waals surface area contributed by atoms with Gasteiger partial charge in [0.15, 0.2) is 0 Å². The van der Waals surface area contributed by atoms with Crippen molar-refractivity contribution in [3.8, 4) is 11.5 Å². The van der Waals surface area contributed by atoms with Crippen LogP contribution in [0.1, 0.15) is 49.4 Å². The number of rotatable bonds is 14. The lowest BCUT2D eigenvalue weighted by molar-refractivity contribution is 0.0943. The average Bonchev–Trinajstić information content (AvgIpc) is 3.03. The topological polar surface area (TPSA) is 153 Å². The summed E-state index contributed by atoms with van der Waals surface area (Å²) in [6, 6.07) is 29.0. The van der Waals surface area contributed by atoms with E-state index >= 15 is 0 Å². The van der Waals surface area contributed by atoms with Gasteiger partial charge >= 0.3 is 0 Å². The predicted octanol–water partition coefficient (Wildman–Crippen LogP) is 4.14. The molecule has 0 bridgehead atoms. The fourth-order valence-electron chi connectivity index (χ4n) is 4.01. The molecular formula is C33H35N5O4. The molecule has 0 atom stereocenters. The summed E-state index contributed by atoms with van der Waals surface area (Å²) in [6.07, 6.45) is 0.709. The van der Waals surface area contributed by atoms with Crippen LogP contribution in [0.25, 0.3) is 0 Å². The fourth-order valence-corrected chi connectivity index (χ4v) is 4.01. The van der Waals surface area contributed by atoms with Gasteiger partial charge in [0, 0.05) is 42.7 Å². The molecule has 0 aliphatic heterocycles. The van der Waals surface area contributed by atoms with Gasteiger partial charge in [-0.2, -0.15) is 0 Å². The van der Waals surface area contributed by atoms with E-state index in [1.807, 2.05) is 60.7 Å². The minimum absolute atomic E-state index is 0.0337. The van der Waals surface area contributed by atoms with Crippen LogP contribution in [-0.2, 0) is 19.6 Å². The van der Waals surface area contributed by atoms with Crippen molar-refractivity contribution in [2.75, 3.05) is 13.2 Å². The van der Waals surface area contributed by atoms with Crippen LogP contribution in [-0.4, -0.2) is 30.9 Å². The van der Waals surface area contributed by atoms with E-state index in [9.17, 15) is 9.59 Å². The van der Waals surface area contributed by atoms with Crippen LogP contribution in [0.5, 0.6) is 11.5 Å². The van der Waals surface area contributed by atoms with Gasteiger partial charge in [-0.15, -0.1) is 0 Å². The number of hydrogen-bond acceptors (Lipinski definition) is 6. The molecule has 4 aromatic carbocycles. The molecule has 0 fully saturated rings. The first-order valence-electron chi connectivity index (χ1n) is 13.6. The predicted molar refractivity (Wildman–Crippen MR) is 163 cm³/mol. The van der Waals surface area contributed by atoms with E-state index in [1.54, 1.807) is 36.4 Å². The summed E-state index contributed by atoms with van der Waals surface area (Å²) in [5.41, 5.74) is 15.6. The number of nitrogens with two attached hydrogens (primary N) is 2. The highest BCUT2D eigenvalue weighted by Gasteiger charge is 2.07. The van der Waals surface area contributed by atoms with E-state index in [0.29, 0.717) is 56.0 Å². The number of nitrogens with one attached hydrogen (secondary N) is 3. The van der Waals surface area contributed by atoms with Crippen LogP contribution in [0.15, 0.2) is 97.1 Å². The van der Waals surface area contributed by atoms with Crippen molar-refractivity contribution in [1.29, 1.82) is 5.41 Å². The monoisotopic (exact) mass is 565 g/mol. The fraction of sp³-hybridized carbons (Fsp3) is 0.182. The first kappa shape index (κ1) is 29.8. The Morgan fingerprint density at radius 3 is 1.38 bits per heavy atom. The average molecular weight is 566 g/mol. The van der Waals surface area contributed by atoms with E-state index in [-0.39, 0.29) is 17.6 Å². The lowest BCUT2D eigenvalue weighted by Crippen LogP contribution is -2.23. The highest BCUT2D eigenvalue weighted by atomic mass is 16.5. The number of ether oxygens (including phenoxy) is 2. The molecule has 4 rings (SSSR count). The van der Waals surface area contributed by atoms with E-state index in [2.05, 4.69) is 10.6 Å². The number of carbonyl (C=O) groups excluding carboxylic acids is 2. The zero-order valence-electron chi connectivity index (χ0n) is 23.3. The van der Waals surface area contributed by atoms with Crippen molar-refractivity contribution in [3.05, 3.63) is 130 Å². The maximum Gasteiger partial charge on any atom is 0.251 e. The van der Waals surface area contributed by atoms with Gasteiger partial charge in [-0.05, 0) is 65.2 Å². The number of nitrogen functional groups attached to an aromatic ring is 1. The van der Waals surface area contributed by atoms with Crippen molar-refractivity contribution < 1.29 is 19.1 Å². The molecule has 0 radical (unpaired) electrons. The third kappa shape index (κ3) is 8.94. The van der Waals surface area contributed by atoms with Crippen molar-refractivity contribution in [1.82, 2.24) is 10.6 Å². The first-order chi connectivity index (χ1) is 20.4. The summed E-state index contributed by atoms with van der Waals surface area (Å²) >= 11 is 0. The Morgan fingerprint density at radius 1 is 0.595 bits per heavy atom. The smallest absolute Gasteiger partial charge is 0.251 e. The third-order valence-corrected chi connectivity index (χ3v) is 6.49. The highest BCUT2D eigenvalue weighted by Crippen LogP contribution is 2.15. The quantitative estimate of drug-likeness (QED) is 0.0880. The van der Waals surface area contributed by atoms with E-state index in [4.69, 9.17) is 26.4 Å². The Balaban J connectivity index is 1.10. The lowest BCUT2D eigenvalue weighted by Gasteiger charge is -2.10. The summed E-state index contributed by atoms with van der Waals surface area (Å²) in [5, 5.41) is 13.2. The molecule has 0 spiro atoms. The highest BCUT2D eigenvalue weighted by molar-refractivity contribution is 5.98. The molecule has 0 unspecified atom stereocenters. The van der Waals surface area contributed by atoms with E-state index in [1.165, 1.54) is 0 Å². The second kappa shape index (κ2) is 15.0. The van der Waals surface area contributed by atoms with Crippen molar-refractivity contribution in [2.24, 2.45) is 11.5 Å². The Bertz CT molecular complexity index is 1470. The maximum atomic E-state index is 12.4. The Morgan fingerprint density at radius 2 is 0.976 bits per heavy atom. The molecule has 4 aromatic rings. The first-order valence-corrected chi connectivity index (χ1v) is 13.6. The molecule has 0 aliphatic carbocycles. The normalized spacial score (nSPS) is 10.5. The van der Waals surface area contributed by atoms with Gasteiger partial charge in [-0.3, -0.25) is 15.0 Å². The van der Waals surface area contributed by atoms with Crippen LogP contribution in [0.4, 0.5) is 0 Å². The van der Waals surface area contributed by atoms with Gasteiger partial charge in [0.05, 0.1) is 13.2 Å². The second-order valence-electron chi connectivity index (χ2n) is 9.60. The van der Waals surface area contributed by atoms with Crippen LogP contribution in [0.3, 0.4) is 0 Å². The van der Waals surface area contributed by atoms with Crippen LogP contribution in [0.2, 0.25) is 0 Å². The zero-order chi connectivity index (χ0) is 29.7. The summed E-state index contributed by atoms with van der Waals surface area (Å²) in [5.74, 6) is 1.13. The molecule has 2 amide bonds. The summed E-state index contributed by atoms with van der Waals surface area (Å²) in [7, 11) is 0. The van der Waals surface area contributed by atoms with E-state index < -0.39 is 0 Å². The maximum absolute atomic E-state index is 12.4. The number of carbonyl (C=O) groups is 2. The largest absolute Gasteiger partial charge is 0.493 e. The third-order valence-electron chi connectivity index (χ3n) is 6.49. The molecule has 9 heteroatoms. The molecule has 216 valence electrons. The van der Waals surface area contributed by atoms with Gasteiger partial charge in [0.25, 0.3) is 11.8 Å².